The van der Waals surface area contributed by atoms with Gasteiger partial charge >= 0.3 is 0 Å². The van der Waals surface area contributed by atoms with Crippen LogP contribution in [0.1, 0.15) is 6.42 Å². The van der Waals surface area contributed by atoms with Gasteiger partial charge in [0.1, 0.15) is 0 Å². The molecule has 0 saturated carbocycles. The molecule has 9 heteroatoms. The summed E-state index contributed by atoms with van der Waals surface area (Å²) in [6.45, 7) is 2.68. The van der Waals surface area contributed by atoms with Gasteiger partial charge in [0.25, 0.3) is 0 Å². The summed E-state index contributed by atoms with van der Waals surface area (Å²) in [6, 6.07) is 8.50. The minimum Gasteiger partial charge on any atom is -0.368 e. The van der Waals surface area contributed by atoms with E-state index in [0.29, 0.717) is 25.1 Å². The lowest BCUT2D eigenvalue weighted by Crippen LogP contribution is -2.46. The average Bonchev–Trinajstić information content (AvgIpc) is 2.98. The van der Waals surface area contributed by atoms with E-state index in [9.17, 15) is 8.42 Å². The van der Waals surface area contributed by atoms with Crippen molar-refractivity contribution in [3.05, 3.63) is 28.7 Å². The van der Waals surface area contributed by atoms with Crippen molar-refractivity contribution in [1.29, 1.82) is 0 Å². The Hall–Kier alpha value is -1.32. The number of nitrogens with one attached hydrogen (secondary N) is 3. The van der Waals surface area contributed by atoms with Gasteiger partial charge < -0.3 is 15.5 Å². The van der Waals surface area contributed by atoms with Gasteiger partial charge in [-0.05, 0) is 34.5 Å². The lowest BCUT2D eigenvalue weighted by Gasteiger charge is -2.21. The topological polar surface area (TPSA) is 85.8 Å². The minimum atomic E-state index is -3.15. The fraction of sp³-hybridized carbons (Fsp3) is 0.533. The molecule has 0 amide bonds. The number of para-hydroxylation sites is 1. The number of guanidine groups is 1. The van der Waals surface area contributed by atoms with Crippen LogP contribution in [0.3, 0.4) is 0 Å². The van der Waals surface area contributed by atoms with Crippen molar-refractivity contribution in [3.8, 4) is 0 Å². The summed E-state index contributed by atoms with van der Waals surface area (Å²) in [5.41, 5.74) is 1.20. The summed E-state index contributed by atoms with van der Waals surface area (Å²) in [6.07, 6.45) is 2.17. The molecule has 1 aromatic rings. The van der Waals surface area contributed by atoms with Gasteiger partial charge in [-0.15, -0.1) is 0 Å². The van der Waals surface area contributed by atoms with E-state index in [1.165, 1.54) is 5.69 Å². The second kappa shape index (κ2) is 8.68. The van der Waals surface area contributed by atoms with Crippen molar-refractivity contribution in [2.75, 3.05) is 44.4 Å². The standard InChI is InChI=1S/C15H24BrN5O2S/c1-17-15(18-8-9-19-24(2,22)23)20-12-7-10-21(11-12)14-6-4-3-5-13(14)16/h3-6,12,19H,7-11H2,1-2H3,(H2,17,18,20). The van der Waals surface area contributed by atoms with Gasteiger partial charge in [-0.3, -0.25) is 4.99 Å². The Labute approximate surface area is 152 Å². The average molecular weight is 418 g/mol. The van der Waals surface area contributed by atoms with E-state index in [1.54, 1.807) is 7.05 Å². The molecule has 24 heavy (non-hydrogen) atoms. The van der Waals surface area contributed by atoms with E-state index in [-0.39, 0.29) is 0 Å². The zero-order chi connectivity index (χ0) is 17.6. The highest BCUT2D eigenvalue weighted by Gasteiger charge is 2.24. The zero-order valence-electron chi connectivity index (χ0n) is 13.9. The SMILES string of the molecule is CN=C(NCCNS(C)(=O)=O)NC1CCN(c2ccccc2Br)C1. The molecular formula is C15H24BrN5O2S. The Morgan fingerprint density at radius 2 is 2.12 bits per heavy atom. The summed E-state index contributed by atoms with van der Waals surface area (Å²) in [5.74, 6) is 0.685. The predicted molar refractivity (Wildman–Crippen MR) is 102 cm³/mol. The molecule has 1 aliphatic heterocycles. The summed E-state index contributed by atoms with van der Waals surface area (Å²) in [5, 5.41) is 6.51. The summed E-state index contributed by atoms with van der Waals surface area (Å²) in [4.78, 5) is 6.52. The first kappa shape index (κ1) is 19.0. The Kier molecular flexibility index (Phi) is 6.88. The second-order valence-electron chi connectivity index (χ2n) is 5.69. The number of anilines is 1. The summed E-state index contributed by atoms with van der Waals surface area (Å²) in [7, 11) is -1.45. The molecule has 0 aliphatic carbocycles. The van der Waals surface area contributed by atoms with Gasteiger partial charge in [-0.25, -0.2) is 13.1 Å². The van der Waals surface area contributed by atoms with Crippen molar-refractivity contribution < 1.29 is 8.42 Å². The Bertz CT molecular complexity index is 680. The quantitative estimate of drug-likeness (QED) is 0.361. The Balaban J connectivity index is 1.80. The Morgan fingerprint density at radius 3 is 2.79 bits per heavy atom. The van der Waals surface area contributed by atoms with E-state index >= 15 is 0 Å². The molecule has 1 unspecified atom stereocenters. The van der Waals surface area contributed by atoms with Crippen LogP contribution in [0.25, 0.3) is 0 Å². The minimum absolute atomic E-state index is 0.297. The molecule has 1 saturated heterocycles. The number of nitrogens with zero attached hydrogens (tertiary/aromatic N) is 2. The van der Waals surface area contributed by atoms with Crippen LogP contribution >= 0.6 is 15.9 Å². The van der Waals surface area contributed by atoms with Gasteiger partial charge in [0.05, 0.1) is 11.9 Å². The maximum atomic E-state index is 11.0. The molecule has 1 aromatic carbocycles. The van der Waals surface area contributed by atoms with Gasteiger partial charge in [0.15, 0.2) is 5.96 Å². The van der Waals surface area contributed by atoms with Crippen LogP contribution in [0.15, 0.2) is 33.7 Å². The first-order chi connectivity index (χ1) is 11.4. The highest BCUT2D eigenvalue weighted by atomic mass is 79.9. The highest BCUT2D eigenvalue weighted by molar-refractivity contribution is 9.10. The third-order valence-corrected chi connectivity index (χ3v) is 5.13. The van der Waals surface area contributed by atoms with Crippen LogP contribution in [-0.2, 0) is 10.0 Å². The molecule has 3 N–H and O–H groups in total. The first-order valence-electron chi connectivity index (χ1n) is 7.80. The van der Waals surface area contributed by atoms with E-state index in [0.717, 1.165) is 30.2 Å². The van der Waals surface area contributed by atoms with Crippen LogP contribution in [0, 0.1) is 0 Å². The number of aliphatic imine (C=N–C) groups is 1. The van der Waals surface area contributed by atoms with Gasteiger partial charge in [-0.1, -0.05) is 12.1 Å². The molecule has 1 heterocycles. The summed E-state index contributed by atoms with van der Waals surface area (Å²) >= 11 is 3.59. The number of rotatable bonds is 6. The normalized spacial score (nSPS) is 18.7. The maximum absolute atomic E-state index is 11.0. The molecule has 2 rings (SSSR count). The van der Waals surface area contributed by atoms with E-state index in [2.05, 4.69) is 47.2 Å². The molecule has 0 aromatic heterocycles. The van der Waals surface area contributed by atoms with Crippen LogP contribution in [-0.4, -0.2) is 59.9 Å². The van der Waals surface area contributed by atoms with Crippen molar-refractivity contribution in [1.82, 2.24) is 15.4 Å². The molecular weight excluding hydrogens is 394 g/mol. The monoisotopic (exact) mass is 417 g/mol. The van der Waals surface area contributed by atoms with E-state index in [4.69, 9.17) is 0 Å². The van der Waals surface area contributed by atoms with E-state index < -0.39 is 10.0 Å². The zero-order valence-corrected chi connectivity index (χ0v) is 16.3. The molecule has 1 fully saturated rings. The highest BCUT2D eigenvalue weighted by Crippen LogP contribution is 2.28. The number of benzene rings is 1. The number of halogens is 1. The maximum Gasteiger partial charge on any atom is 0.208 e. The van der Waals surface area contributed by atoms with Gasteiger partial charge in [-0.2, -0.15) is 0 Å². The second-order valence-corrected chi connectivity index (χ2v) is 8.38. The van der Waals surface area contributed by atoms with Crippen molar-refractivity contribution in [2.24, 2.45) is 4.99 Å². The van der Waals surface area contributed by atoms with Crippen LogP contribution in [0.4, 0.5) is 5.69 Å². The van der Waals surface area contributed by atoms with Crippen molar-refractivity contribution >= 4 is 37.6 Å². The largest absolute Gasteiger partial charge is 0.368 e. The van der Waals surface area contributed by atoms with E-state index in [1.807, 2.05) is 18.2 Å². The number of hydrogen-bond donors (Lipinski definition) is 3. The van der Waals surface area contributed by atoms with Crippen LogP contribution < -0.4 is 20.3 Å². The molecule has 0 bridgehead atoms. The Morgan fingerprint density at radius 1 is 1.38 bits per heavy atom. The molecule has 7 nitrogen and oxygen atoms in total. The number of hydrogen-bond acceptors (Lipinski definition) is 4. The van der Waals surface area contributed by atoms with Crippen molar-refractivity contribution in [2.45, 2.75) is 12.5 Å². The molecule has 1 aliphatic rings. The fourth-order valence-electron chi connectivity index (χ4n) is 2.61. The van der Waals surface area contributed by atoms with Crippen LogP contribution in [0.5, 0.6) is 0 Å². The van der Waals surface area contributed by atoms with Crippen LogP contribution in [0.2, 0.25) is 0 Å². The molecule has 134 valence electrons. The molecule has 0 radical (unpaired) electrons. The fourth-order valence-corrected chi connectivity index (χ4v) is 3.62. The third-order valence-electron chi connectivity index (χ3n) is 3.73. The predicted octanol–water partition coefficient (Wildman–Crippen LogP) is 0.742. The van der Waals surface area contributed by atoms with Gasteiger partial charge in [0.2, 0.25) is 10.0 Å². The lowest BCUT2D eigenvalue weighted by atomic mass is 10.3. The smallest absolute Gasteiger partial charge is 0.208 e. The summed E-state index contributed by atoms with van der Waals surface area (Å²) < 4.78 is 25.6. The molecule has 0 spiro atoms. The number of sulfonamides is 1. The lowest BCUT2D eigenvalue weighted by molar-refractivity contribution is 0.585. The van der Waals surface area contributed by atoms with Crippen molar-refractivity contribution in [3.63, 3.8) is 0 Å². The van der Waals surface area contributed by atoms with Gasteiger partial charge in [0, 0.05) is 43.7 Å². The molecule has 1 atom stereocenters. The first-order valence-corrected chi connectivity index (χ1v) is 10.5. The third kappa shape index (κ3) is 5.95.